The molecule has 0 unspecified atom stereocenters. The first-order valence-electron chi connectivity index (χ1n) is 6.43. The van der Waals surface area contributed by atoms with Crippen LogP contribution in [0.15, 0.2) is 53.4 Å². The third-order valence-electron chi connectivity index (χ3n) is 3.11. The molecule has 0 atom stereocenters. The highest BCUT2D eigenvalue weighted by Crippen LogP contribution is 2.21. The fraction of sp³-hybridized carbons (Fsp3) is 0.133. The van der Waals surface area contributed by atoms with Gasteiger partial charge in [-0.2, -0.15) is 0 Å². The van der Waals surface area contributed by atoms with Crippen molar-refractivity contribution in [1.82, 2.24) is 0 Å². The maximum atomic E-state index is 13.6. The van der Waals surface area contributed by atoms with Crippen molar-refractivity contribution in [3.63, 3.8) is 0 Å². The summed E-state index contributed by atoms with van der Waals surface area (Å²) >= 11 is 0. The van der Waals surface area contributed by atoms with E-state index in [1.807, 2.05) is 0 Å². The van der Waals surface area contributed by atoms with Gasteiger partial charge < -0.3 is 4.90 Å². The van der Waals surface area contributed by atoms with Gasteiger partial charge in [-0.05, 0) is 36.4 Å². The van der Waals surface area contributed by atoms with E-state index in [1.165, 1.54) is 42.2 Å². The number of hydrogen-bond acceptors (Lipinski definition) is 3. The number of carbonyl (C=O) groups excluding carboxylic acids is 1. The zero-order valence-corrected chi connectivity index (χ0v) is 12.9. The average Bonchev–Trinajstić information content (AvgIpc) is 2.47. The maximum absolute atomic E-state index is 13.6. The molecule has 0 heterocycles. The predicted octanol–water partition coefficient (Wildman–Crippen LogP) is 2.61. The molecule has 1 N–H and O–H groups in total. The highest BCUT2D eigenvalue weighted by molar-refractivity contribution is 7.92. The highest BCUT2D eigenvalue weighted by Gasteiger charge is 2.18. The quantitative estimate of drug-likeness (QED) is 0.941. The number of benzene rings is 2. The van der Waals surface area contributed by atoms with Crippen LogP contribution < -0.4 is 9.62 Å². The minimum atomic E-state index is -4.00. The summed E-state index contributed by atoms with van der Waals surface area (Å²) < 4.78 is 40.2. The summed E-state index contributed by atoms with van der Waals surface area (Å²) in [5, 5.41) is 0. The number of nitrogens with zero attached hydrogens (tertiary/aromatic N) is 1. The average molecular weight is 322 g/mol. The summed E-state index contributed by atoms with van der Waals surface area (Å²) in [5.74, 6) is -0.956. The molecule has 0 aromatic heterocycles. The highest BCUT2D eigenvalue weighted by atomic mass is 32.2. The summed E-state index contributed by atoms with van der Waals surface area (Å²) in [6.45, 7) is 1.43. The van der Waals surface area contributed by atoms with Gasteiger partial charge in [0.1, 0.15) is 10.7 Å². The number of anilines is 2. The molecule has 22 heavy (non-hydrogen) atoms. The molecule has 0 aliphatic heterocycles. The van der Waals surface area contributed by atoms with Gasteiger partial charge in [-0.15, -0.1) is 0 Å². The van der Waals surface area contributed by atoms with Crippen molar-refractivity contribution in [2.24, 2.45) is 0 Å². The van der Waals surface area contributed by atoms with Crippen LogP contribution >= 0.6 is 0 Å². The Morgan fingerprint density at radius 1 is 1.09 bits per heavy atom. The van der Waals surface area contributed by atoms with Crippen molar-refractivity contribution < 1.29 is 17.6 Å². The molecular weight excluding hydrogens is 307 g/mol. The van der Waals surface area contributed by atoms with Crippen molar-refractivity contribution in [1.29, 1.82) is 0 Å². The summed E-state index contributed by atoms with van der Waals surface area (Å²) in [6, 6.07) is 11.3. The van der Waals surface area contributed by atoms with Crippen LogP contribution in [0.4, 0.5) is 15.8 Å². The van der Waals surface area contributed by atoms with Gasteiger partial charge in [0.25, 0.3) is 10.0 Å². The molecule has 116 valence electrons. The largest absolute Gasteiger partial charge is 0.316 e. The fourth-order valence-corrected chi connectivity index (χ4v) is 2.95. The van der Waals surface area contributed by atoms with Gasteiger partial charge in [0.05, 0.1) is 0 Å². The Morgan fingerprint density at radius 3 is 2.23 bits per heavy atom. The summed E-state index contributed by atoms with van der Waals surface area (Å²) in [4.78, 5) is 12.3. The number of nitrogens with one attached hydrogen (secondary N) is 1. The molecule has 0 bridgehead atoms. The number of sulfonamides is 1. The van der Waals surface area contributed by atoms with Crippen LogP contribution in [-0.4, -0.2) is 21.4 Å². The second-order valence-corrected chi connectivity index (χ2v) is 6.31. The normalized spacial score (nSPS) is 11.0. The van der Waals surface area contributed by atoms with Crippen LogP contribution in [-0.2, 0) is 14.8 Å². The Kier molecular flexibility index (Phi) is 4.46. The molecule has 2 aromatic carbocycles. The molecule has 0 fully saturated rings. The van der Waals surface area contributed by atoms with Crippen molar-refractivity contribution in [3.05, 3.63) is 54.3 Å². The van der Waals surface area contributed by atoms with E-state index < -0.39 is 20.7 Å². The summed E-state index contributed by atoms with van der Waals surface area (Å²) in [6.07, 6.45) is 0. The van der Waals surface area contributed by atoms with E-state index in [0.717, 1.165) is 6.07 Å². The lowest BCUT2D eigenvalue weighted by Crippen LogP contribution is -2.22. The molecule has 0 spiro atoms. The van der Waals surface area contributed by atoms with E-state index in [-0.39, 0.29) is 11.6 Å². The molecule has 5 nitrogen and oxygen atoms in total. The number of hydrogen-bond donors (Lipinski definition) is 1. The lowest BCUT2D eigenvalue weighted by Gasteiger charge is -2.15. The topological polar surface area (TPSA) is 66.5 Å². The number of rotatable bonds is 4. The van der Waals surface area contributed by atoms with Crippen molar-refractivity contribution in [2.45, 2.75) is 11.8 Å². The maximum Gasteiger partial charge on any atom is 0.264 e. The van der Waals surface area contributed by atoms with Gasteiger partial charge in [0.2, 0.25) is 5.91 Å². The first-order chi connectivity index (χ1) is 10.3. The zero-order chi connectivity index (χ0) is 16.3. The monoisotopic (exact) mass is 322 g/mol. The Balaban J connectivity index is 2.24. The minimum absolute atomic E-state index is 0.139. The number of amides is 1. The SMILES string of the molecule is CC(=O)N(C)c1ccc(NS(=O)(=O)c2ccccc2F)cc1. The van der Waals surface area contributed by atoms with Gasteiger partial charge in [0, 0.05) is 25.3 Å². The van der Waals surface area contributed by atoms with E-state index >= 15 is 0 Å². The zero-order valence-electron chi connectivity index (χ0n) is 12.1. The first-order valence-corrected chi connectivity index (χ1v) is 7.91. The van der Waals surface area contributed by atoms with E-state index in [9.17, 15) is 17.6 Å². The van der Waals surface area contributed by atoms with Crippen molar-refractivity contribution in [2.75, 3.05) is 16.7 Å². The minimum Gasteiger partial charge on any atom is -0.316 e. The molecule has 0 aliphatic carbocycles. The van der Waals surface area contributed by atoms with Crippen LogP contribution in [0.2, 0.25) is 0 Å². The van der Waals surface area contributed by atoms with Crippen LogP contribution in [0.5, 0.6) is 0 Å². The molecule has 7 heteroatoms. The van der Waals surface area contributed by atoms with Gasteiger partial charge in [-0.3, -0.25) is 9.52 Å². The van der Waals surface area contributed by atoms with Crippen molar-refractivity contribution >= 4 is 27.3 Å². The standard InChI is InChI=1S/C15H15FN2O3S/c1-11(19)18(2)13-9-7-12(8-10-13)17-22(20,21)15-6-4-3-5-14(15)16/h3-10,17H,1-2H3. The number of halogens is 1. The third kappa shape index (κ3) is 3.43. The van der Waals surface area contributed by atoms with E-state index in [2.05, 4.69) is 4.72 Å². The summed E-state index contributed by atoms with van der Waals surface area (Å²) in [5.41, 5.74) is 0.908. The Labute approximate surface area is 128 Å². The van der Waals surface area contributed by atoms with Crippen LogP contribution in [0.25, 0.3) is 0 Å². The Bertz CT molecular complexity index is 789. The van der Waals surface area contributed by atoms with Gasteiger partial charge in [0.15, 0.2) is 0 Å². The van der Waals surface area contributed by atoms with Crippen LogP contribution in [0.3, 0.4) is 0 Å². The summed E-state index contributed by atoms with van der Waals surface area (Å²) in [7, 11) is -2.39. The molecule has 0 saturated heterocycles. The number of carbonyl (C=O) groups is 1. The van der Waals surface area contributed by atoms with Crippen LogP contribution in [0, 0.1) is 5.82 Å². The molecule has 0 saturated carbocycles. The molecule has 1 amide bonds. The molecule has 0 aliphatic rings. The van der Waals surface area contributed by atoms with E-state index in [1.54, 1.807) is 19.2 Å². The van der Waals surface area contributed by atoms with E-state index in [0.29, 0.717) is 5.69 Å². The molecule has 2 aromatic rings. The lowest BCUT2D eigenvalue weighted by molar-refractivity contribution is -0.116. The second kappa shape index (κ2) is 6.15. The molecular formula is C15H15FN2O3S. The van der Waals surface area contributed by atoms with Gasteiger partial charge >= 0.3 is 0 Å². The fourth-order valence-electron chi connectivity index (χ4n) is 1.81. The third-order valence-corrected chi connectivity index (χ3v) is 4.52. The second-order valence-electron chi connectivity index (χ2n) is 4.66. The molecule has 2 rings (SSSR count). The lowest BCUT2D eigenvalue weighted by atomic mass is 10.2. The Morgan fingerprint density at radius 2 is 1.68 bits per heavy atom. The van der Waals surface area contributed by atoms with Crippen LogP contribution in [0.1, 0.15) is 6.92 Å². The first kappa shape index (κ1) is 16.0. The smallest absolute Gasteiger partial charge is 0.264 e. The van der Waals surface area contributed by atoms with Crippen molar-refractivity contribution in [3.8, 4) is 0 Å². The van der Waals surface area contributed by atoms with Gasteiger partial charge in [-0.25, -0.2) is 12.8 Å². The predicted molar refractivity (Wildman–Crippen MR) is 82.7 cm³/mol. The van der Waals surface area contributed by atoms with E-state index in [4.69, 9.17) is 0 Å². The van der Waals surface area contributed by atoms with Gasteiger partial charge in [-0.1, -0.05) is 12.1 Å². The molecule has 0 radical (unpaired) electrons. The Hall–Kier alpha value is -2.41.